The molecule has 0 spiro atoms. The number of hydrogen-bond acceptors (Lipinski definition) is 4. The van der Waals surface area contributed by atoms with Gasteiger partial charge in [0, 0.05) is 19.8 Å². The number of hydrogen-bond donors (Lipinski definition) is 1. The standard InChI is InChI=1S/C21H34O5/c1-3-4-11-19(21(22)23)14-13-18(2)24-15-8-5-6-9-16-25-20-12-7-10-17-26-20/h3,11,13-14,18,20H,1,4-10,12,15-17H2,2H3,(H,22,23)/b14-13-,19-11+. The summed E-state index contributed by atoms with van der Waals surface area (Å²) in [6, 6.07) is 0. The highest BCUT2D eigenvalue weighted by Gasteiger charge is 2.13. The molecule has 0 aromatic heterocycles. The average Bonchev–Trinajstić information content (AvgIpc) is 2.64. The molecule has 2 unspecified atom stereocenters. The number of unbranched alkanes of at least 4 members (excludes halogenated alkanes) is 3. The van der Waals surface area contributed by atoms with Gasteiger partial charge in [0.05, 0.1) is 11.7 Å². The normalized spacial score (nSPS) is 19.6. The fraction of sp³-hybridized carbons (Fsp3) is 0.667. The molecule has 1 fully saturated rings. The van der Waals surface area contributed by atoms with E-state index < -0.39 is 5.97 Å². The molecule has 1 saturated heterocycles. The summed E-state index contributed by atoms with van der Waals surface area (Å²) in [5, 5.41) is 9.10. The molecule has 26 heavy (non-hydrogen) atoms. The largest absolute Gasteiger partial charge is 0.478 e. The van der Waals surface area contributed by atoms with E-state index in [4.69, 9.17) is 19.3 Å². The number of rotatable bonds is 14. The predicted octanol–water partition coefficient (Wildman–Crippen LogP) is 4.64. The molecule has 1 aliphatic rings. The third-order valence-corrected chi connectivity index (χ3v) is 4.16. The van der Waals surface area contributed by atoms with Crippen LogP contribution in [-0.2, 0) is 19.0 Å². The molecule has 0 amide bonds. The van der Waals surface area contributed by atoms with E-state index in [2.05, 4.69) is 6.58 Å². The molecule has 0 aromatic rings. The zero-order valence-corrected chi connectivity index (χ0v) is 16.0. The second kappa shape index (κ2) is 14.7. The molecule has 2 atom stereocenters. The van der Waals surface area contributed by atoms with Gasteiger partial charge in [0.15, 0.2) is 6.29 Å². The first kappa shape index (κ1) is 22.6. The van der Waals surface area contributed by atoms with E-state index in [-0.39, 0.29) is 18.0 Å². The molecule has 0 aliphatic carbocycles. The molecule has 0 aromatic carbocycles. The van der Waals surface area contributed by atoms with Gasteiger partial charge >= 0.3 is 5.97 Å². The van der Waals surface area contributed by atoms with Crippen molar-refractivity contribution in [3.05, 3.63) is 36.5 Å². The fourth-order valence-corrected chi connectivity index (χ4v) is 2.62. The summed E-state index contributed by atoms with van der Waals surface area (Å²) in [4.78, 5) is 11.1. The average molecular weight is 366 g/mol. The fourth-order valence-electron chi connectivity index (χ4n) is 2.62. The molecular weight excluding hydrogens is 332 g/mol. The van der Waals surface area contributed by atoms with Gasteiger partial charge in [-0.3, -0.25) is 0 Å². The van der Waals surface area contributed by atoms with Gasteiger partial charge in [0.1, 0.15) is 0 Å². The number of carboxylic acids is 1. The van der Waals surface area contributed by atoms with Gasteiger partial charge in [-0.25, -0.2) is 4.79 Å². The molecule has 5 nitrogen and oxygen atoms in total. The molecule has 148 valence electrons. The molecular formula is C21H34O5. The zero-order chi connectivity index (χ0) is 19.0. The third kappa shape index (κ3) is 11.2. The van der Waals surface area contributed by atoms with Gasteiger partial charge in [-0.2, -0.15) is 0 Å². The van der Waals surface area contributed by atoms with Crippen LogP contribution in [0.5, 0.6) is 0 Å². The van der Waals surface area contributed by atoms with Gasteiger partial charge in [-0.1, -0.05) is 31.1 Å². The van der Waals surface area contributed by atoms with Crippen LogP contribution < -0.4 is 0 Å². The Kier molecular flexibility index (Phi) is 12.8. The Morgan fingerprint density at radius 1 is 1.27 bits per heavy atom. The Bertz CT molecular complexity index is 449. The lowest BCUT2D eigenvalue weighted by atomic mass is 10.2. The van der Waals surface area contributed by atoms with E-state index in [0.29, 0.717) is 13.0 Å². The lowest BCUT2D eigenvalue weighted by Crippen LogP contribution is -2.22. The molecule has 1 aliphatic heterocycles. The second-order valence-corrected chi connectivity index (χ2v) is 6.51. The molecule has 0 saturated carbocycles. The van der Waals surface area contributed by atoms with Crippen molar-refractivity contribution in [3.63, 3.8) is 0 Å². The minimum absolute atomic E-state index is 0.0101. The van der Waals surface area contributed by atoms with Crippen LogP contribution in [0.3, 0.4) is 0 Å². The summed E-state index contributed by atoms with van der Waals surface area (Å²) in [6.45, 7) is 7.77. The minimum atomic E-state index is -0.934. The van der Waals surface area contributed by atoms with E-state index >= 15 is 0 Å². The Hall–Kier alpha value is -1.43. The lowest BCUT2D eigenvalue weighted by Gasteiger charge is -2.22. The number of carboxylic acid groups (broad SMARTS) is 1. The highest BCUT2D eigenvalue weighted by Crippen LogP contribution is 2.14. The van der Waals surface area contributed by atoms with Gasteiger partial charge in [0.2, 0.25) is 0 Å². The highest BCUT2D eigenvalue weighted by atomic mass is 16.7. The first-order valence-corrected chi connectivity index (χ1v) is 9.71. The van der Waals surface area contributed by atoms with Crippen LogP contribution in [-0.4, -0.2) is 43.3 Å². The van der Waals surface area contributed by atoms with E-state index in [1.807, 2.05) is 6.92 Å². The number of aliphatic carboxylic acids is 1. The number of allylic oxidation sites excluding steroid dienone is 2. The maximum Gasteiger partial charge on any atom is 0.335 e. The Morgan fingerprint density at radius 2 is 2.04 bits per heavy atom. The van der Waals surface area contributed by atoms with E-state index in [9.17, 15) is 4.79 Å². The quantitative estimate of drug-likeness (QED) is 0.210. The topological polar surface area (TPSA) is 65.0 Å². The Labute approximate surface area is 157 Å². The summed E-state index contributed by atoms with van der Waals surface area (Å²) in [6.07, 6.45) is 14.8. The van der Waals surface area contributed by atoms with Crippen LogP contribution >= 0.6 is 0 Å². The third-order valence-electron chi connectivity index (χ3n) is 4.16. The number of ether oxygens (including phenoxy) is 3. The van der Waals surface area contributed by atoms with Crippen LogP contribution in [0.2, 0.25) is 0 Å². The molecule has 0 bridgehead atoms. The summed E-state index contributed by atoms with van der Waals surface area (Å²) in [5.41, 5.74) is 0.266. The monoisotopic (exact) mass is 366 g/mol. The Morgan fingerprint density at radius 3 is 2.69 bits per heavy atom. The SMILES string of the molecule is C=CC/C=C(\C=C/C(C)OCCCCCCOC1CCCCO1)C(=O)O. The van der Waals surface area contributed by atoms with Gasteiger partial charge in [-0.05, 0) is 51.5 Å². The van der Waals surface area contributed by atoms with Crippen molar-refractivity contribution in [2.45, 2.75) is 70.7 Å². The van der Waals surface area contributed by atoms with Crippen molar-refractivity contribution in [2.75, 3.05) is 19.8 Å². The van der Waals surface area contributed by atoms with Crippen molar-refractivity contribution < 1.29 is 24.1 Å². The zero-order valence-electron chi connectivity index (χ0n) is 16.0. The van der Waals surface area contributed by atoms with Crippen molar-refractivity contribution in [1.82, 2.24) is 0 Å². The van der Waals surface area contributed by atoms with Crippen LogP contribution in [0.4, 0.5) is 0 Å². The molecule has 0 radical (unpaired) electrons. The molecule has 1 rings (SSSR count). The highest BCUT2D eigenvalue weighted by molar-refractivity contribution is 5.89. The van der Waals surface area contributed by atoms with Crippen molar-refractivity contribution in [2.24, 2.45) is 0 Å². The maximum atomic E-state index is 11.1. The summed E-state index contributed by atoms with van der Waals surface area (Å²) in [7, 11) is 0. The van der Waals surface area contributed by atoms with Crippen LogP contribution in [0.1, 0.15) is 58.3 Å². The first-order chi connectivity index (χ1) is 12.6. The van der Waals surface area contributed by atoms with Crippen LogP contribution in [0, 0.1) is 0 Å². The van der Waals surface area contributed by atoms with E-state index in [1.54, 1.807) is 24.3 Å². The van der Waals surface area contributed by atoms with Crippen molar-refractivity contribution in [3.8, 4) is 0 Å². The van der Waals surface area contributed by atoms with Crippen molar-refractivity contribution >= 4 is 5.97 Å². The summed E-state index contributed by atoms with van der Waals surface area (Å²) >= 11 is 0. The van der Waals surface area contributed by atoms with E-state index in [0.717, 1.165) is 51.7 Å². The molecule has 5 heteroatoms. The van der Waals surface area contributed by atoms with Gasteiger partial charge in [0.25, 0.3) is 0 Å². The second-order valence-electron chi connectivity index (χ2n) is 6.51. The Balaban J connectivity index is 2.03. The van der Waals surface area contributed by atoms with Gasteiger partial charge < -0.3 is 19.3 Å². The summed E-state index contributed by atoms with van der Waals surface area (Å²) < 4.78 is 16.9. The first-order valence-electron chi connectivity index (χ1n) is 9.71. The molecule has 1 N–H and O–H groups in total. The minimum Gasteiger partial charge on any atom is -0.478 e. The predicted molar refractivity (Wildman–Crippen MR) is 103 cm³/mol. The number of carbonyl (C=O) groups is 1. The summed E-state index contributed by atoms with van der Waals surface area (Å²) in [5.74, 6) is -0.934. The van der Waals surface area contributed by atoms with Crippen molar-refractivity contribution in [1.29, 1.82) is 0 Å². The van der Waals surface area contributed by atoms with E-state index in [1.165, 1.54) is 6.42 Å². The van der Waals surface area contributed by atoms with Gasteiger partial charge in [-0.15, -0.1) is 6.58 Å². The molecule has 1 heterocycles. The maximum absolute atomic E-state index is 11.1. The van der Waals surface area contributed by atoms with Crippen LogP contribution in [0.25, 0.3) is 0 Å². The lowest BCUT2D eigenvalue weighted by molar-refractivity contribution is -0.162. The smallest absolute Gasteiger partial charge is 0.335 e. The van der Waals surface area contributed by atoms with Crippen LogP contribution in [0.15, 0.2) is 36.5 Å².